The smallest absolute Gasteiger partial charge is 0.305 e. The lowest BCUT2D eigenvalue weighted by Crippen LogP contribution is -2.43. The van der Waals surface area contributed by atoms with Crippen molar-refractivity contribution < 1.29 is 19.1 Å². The van der Waals surface area contributed by atoms with E-state index in [0.717, 1.165) is 58.3 Å². The Kier molecular flexibility index (Phi) is 7.92. The predicted molar refractivity (Wildman–Crippen MR) is 112 cm³/mol. The monoisotopic (exact) mass is 402 g/mol. The van der Waals surface area contributed by atoms with Crippen LogP contribution in [0.4, 0.5) is 0 Å². The molecule has 0 aliphatic carbocycles. The minimum absolute atomic E-state index is 0.0918. The number of piperidine rings is 2. The summed E-state index contributed by atoms with van der Waals surface area (Å²) in [5, 5.41) is 0. The van der Waals surface area contributed by atoms with E-state index in [0.29, 0.717) is 23.8 Å². The van der Waals surface area contributed by atoms with Crippen molar-refractivity contribution in [2.24, 2.45) is 0 Å². The van der Waals surface area contributed by atoms with E-state index in [-0.39, 0.29) is 18.0 Å². The molecule has 2 heterocycles. The first-order valence-electron chi connectivity index (χ1n) is 10.9. The van der Waals surface area contributed by atoms with E-state index in [4.69, 9.17) is 9.47 Å². The van der Waals surface area contributed by atoms with Crippen LogP contribution in [0.15, 0.2) is 24.3 Å². The lowest BCUT2D eigenvalue weighted by atomic mass is 10.0. The van der Waals surface area contributed by atoms with Crippen molar-refractivity contribution in [1.82, 2.24) is 9.80 Å². The van der Waals surface area contributed by atoms with Crippen LogP contribution >= 0.6 is 0 Å². The fraction of sp³-hybridized carbons (Fsp3) is 0.652. The predicted octanol–water partition coefficient (Wildman–Crippen LogP) is 3.50. The Morgan fingerprint density at radius 1 is 1.07 bits per heavy atom. The van der Waals surface area contributed by atoms with E-state index in [2.05, 4.69) is 11.8 Å². The zero-order valence-electron chi connectivity index (χ0n) is 17.8. The first-order valence-corrected chi connectivity index (χ1v) is 10.9. The first-order chi connectivity index (χ1) is 14.1. The molecule has 1 atom stereocenters. The van der Waals surface area contributed by atoms with Gasteiger partial charge in [-0.2, -0.15) is 0 Å². The molecule has 1 aromatic carbocycles. The highest BCUT2D eigenvalue weighted by Crippen LogP contribution is 2.26. The maximum Gasteiger partial charge on any atom is 0.305 e. The minimum Gasteiger partial charge on any atom is -0.489 e. The summed E-state index contributed by atoms with van der Waals surface area (Å²) in [4.78, 5) is 28.7. The molecule has 160 valence electrons. The molecule has 6 nitrogen and oxygen atoms in total. The van der Waals surface area contributed by atoms with Gasteiger partial charge in [-0.1, -0.05) is 12.1 Å². The minimum atomic E-state index is -0.148. The van der Waals surface area contributed by atoms with Crippen LogP contribution in [0.1, 0.15) is 62.2 Å². The van der Waals surface area contributed by atoms with E-state index in [9.17, 15) is 9.59 Å². The maximum absolute atomic E-state index is 13.0. The van der Waals surface area contributed by atoms with Crippen LogP contribution in [-0.2, 0) is 9.53 Å². The van der Waals surface area contributed by atoms with E-state index >= 15 is 0 Å². The highest BCUT2D eigenvalue weighted by molar-refractivity contribution is 5.97. The zero-order valence-corrected chi connectivity index (χ0v) is 17.8. The molecule has 1 aromatic rings. The summed E-state index contributed by atoms with van der Waals surface area (Å²) in [6.45, 7) is 5.73. The Balaban J connectivity index is 1.53. The number of methoxy groups -OCH3 is 1. The molecule has 0 saturated carbocycles. The Labute approximate surface area is 174 Å². The molecular formula is C23H34N2O4. The average Bonchev–Trinajstić information content (AvgIpc) is 2.78. The number of esters is 1. The standard InChI is InChI=1S/C23H34N2O4/c1-18(10-11-22(26)28-2)24-16-12-19(13-17-24)29-21-9-5-4-8-20(21)23(27)25-14-6-3-7-15-25/h4-5,8-9,18-19H,3,6-7,10-17H2,1-2H3. The van der Waals surface area contributed by atoms with Gasteiger partial charge in [0.1, 0.15) is 11.9 Å². The molecule has 0 aromatic heterocycles. The number of carbonyl (C=O) groups excluding carboxylic acids is 2. The summed E-state index contributed by atoms with van der Waals surface area (Å²) < 4.78 is 11.0. The molecule has 2 aliphatic heterocycles. The number of hydrogen-bond donors (Lipinski definition) is 0. The largest absolute Gasteiger partial charge is 0.489 e. The zero-order chi connectivity index (χ0) is 20.6. The topological polar surface area (TPSA) is 59.1 Å². The molecular weight excluding hydrogens is 368 g/mol. The second-order valence-corrected chi connectivity index (χ2v) is 8.17. The number of rotatable bonds is 7. The fourth-order valence-corrected chi connectivity index (χ4v) is 4.24. The lowest BCUT2D eigenvalue weighted by Gasteiger charge is -2.36. The molecule has 3 rings (SSSR count). The maximum atomic E-state index is 13.0. The van der Waals surface area contributed by atoms with E-state index < -0.39 is 0 Å². The molecule has 0 bridgehead atoms. The highest BCUT2D eigenvalue weighted by atomic mass is 16.5. The molecule has 2 saturated heterocycles. The first kappa shape index (κ1) is 21.6. The van der Waals surface area contributed by atoms with Crippen LogP contribution in [0.25, 0.3) is 0 Å². The SMILES string of the molecule is COC(=O)CCC(C)N1CCC(Oc2ccccc2C(=O)N2CCCCC2)CC1. The number of para-hydroxylation sites is 1. The average molecular weight is 403 g/mol. The van der Waals surface area contributed by atoms with Gasteiger partial charge in [0.05, 0.1) is 12.7 Å². The van der Waals surface area contributed by atoms with E-state index in [1.165, 1.54) is 13.5 Å². The summed E-state index contributed by atoms with van der Waals surface area (Å²) >= 11 is 0. The molecule has 6 heteroatoms. The van der Waals surface area contributed by atoms with Gasteiger partial charge < -0.3 is 19.3 Å². The summed E-state index contributed by atoms with van der Waals surface area (Å²) in [6.07, 6.45) is 6.62. The highest BCUT2D eigenvalue weighted by Gasteiger charge is 2.26. The van der Waals surface area contributed by atoms with Crippen LogP contribution < -0.4 is 4.74 Å². The third-order valence-corrected chi connectivity index (χ3v) is 6.15. The van der Waals surface area contributed by atoms with Gasteiger partial charge in [0.25, 0.3) is 5.91 Å². The number of nitrogens with zero attached hydrogens (tertiary/aromatic N) is 2. The Morgan fingerprint density at radius 2 is 1.76 bits per heavy atom. The Bertz CT molecular complexity index is 679. The molecule has 0 spiro atoms. The van der Waals surface area contributed by atoms with Gasteiger partial charge in [0, 0.05) is 38.6 Å². The second-order valence-electron chi connectivity index (χ2n) is 8.17. The molecule has 2 fully saturated rings. The number of amides is 1. The number of likely N-dealkylation sites (tertiary alicyclic amines) is 2. The van der Waals surface area contributed by atoms with Crippen LogP contribution in [0.3, 0.4) is 0 Å². The van der Waals surface area contributed by atoms with E-state index in [1.54, 1.807) is 0 Å². The van der Waals surface area contributed by atoms with Crippen molar-refractivity contribution in [3.63, 3.8) is 0 Å². The van der Waals surface area contributed by atoms with Crippen molar-refractivity contribution in [2.75, 3.05) is 33.3 Å². The van der Waals surface area contributed by atoms with Gasteiger partial charge in [0.2, 0.25) is 0 Å². The van der Waals surface area contributed by atoms with E-state index in [1.807, 2.05) is 29.2 Å². The third kappa shape index (κ3) is 5.95. The van der Waals surface area contributed by atoms with Crippen molar-refractivity contribution in [2.45, 2.75) is 64.0 Å². The summed E-state index contributed by atoms with van der Waals surface area (Å²) in [7, 11) is 1.43. The van der Waals surface area contributed by atoms with Crippen molar-refractivity contribution in [1.29, 1.82) is 0 Å². The van der Waals surface area contributed by atoms with Crippen molar-refractivity contribution in [3.8, 4) is 5.75 Å². The molecule has 1 amide bonds. The lowest BCUT2D eigenvalue weighted by molar-refractivity contribution is -0.141. The van der Waals surface area contributed by atoms with Gasteiger partial charge in [-0.05, 0) is 57.6 Å². The van der Waals surface area contributed by atoms with Gasteiger partial charge in [-0.15, -0.1) is 0 Å². The second kappa shape index (κ2) is 10.6. The van der Waals surface area contributed by atoms with Gasteiger partial charge >= 0.3 is 5.97 Å². The Hall–Kier alpha value is -2.08. The molecule has 0 radical (unpaired) electrons. The summed E-state index contributed by atoms with van der Waals surface area (Å²) in [6, 6.07) is 8.00. The number of ether oxygens (including phenoxy) is 2. The molecule has 2 aliphatic rings. The summed E-state index contributed by atoms with van der Waals surface area (Å²) in [5.41, 5.74) is 0.684. The molecule has 1 unspecified atom stereocenters. The number of carbonyl (C=O) groups is 2. The van der Waals surface area contributed by atoms with Crippen LogP contribution in [-0.4, -0.2) is 67.1 Å². The van der Waals surface area contributed by atoms with Crippen molar-refractivity contribution in [3.05, 3.63) is 29.8 Å². The third-order valence-electron chi connectivity index (χ3n) is 6.15. The molecule has 29 heavy (non-hydrogen) atoms. The van der Waals surface area contributed by atoms with Gasteiger partial charge in [0.15, 0.2) is 0 Å². The molecule has 0 N–H and O–H groups in total. The number of benzene rings is 1. The number of hydrogen-bond acceptors (Lipinski definition) is 5. The normalized spacial score (nSPS) is 19.6. The van der Waals surface area contributed by atoms with Crippen LogP contribution in [0.5, 0.6) is 5.75 Å². The fourth-order valence-electron chi connectivity index (χ4n) is 4.24. The Morgan fingerprint density at radius 3 is 2.45 bits per heavy atom. The van der Waals surface area contributed by atoms with Gasteiger partial charge in [-0.25, -0.2) is 0 Å². The van der Waals surface area contributed by atoms with Crippen LogP contribution in [0.2, 0.25) is 0 Å². The van der Waals surface area contributed by atoms with Gasteiger partial charge in [-0.3, -0.25) is 9.59 Å². The van der Waals surface area contributed by atoms with Crippen LogP contribution in [0, 0.1) is 0 Å². The van der Waals surface area contributed by atoms with Crippen molar-refractivity contribution >= 4 is 11.9 Å². The summed E-state index contributed by atoms with van der Waals surface area (Å²) in [5.74, 6) is 0.652. The quantitative estimate of drug-likeness (QED) is 0.654.